The number of rotatable bonds is 4. The van der Waals surface area contributed by atoms with Gasteiger partial charge in [0, 0.05) is 11.8 Å². The number of aliphatic carboxylic acids is 1. The molecule has 3 N–H and O–H groups in total. The minimum atomic E-state index is -4.59. The number of carbonyl (C=O) groups is 1. The molecule has 0 fully saturated rings. The third kappa shape index (κ3) is 3.67. The monoisotopic (exact) mass is 265 g/mol. The highest BCUT2D eigenvalue weighted by Crippen LogP contribution is 2.28. The van der Waals surface area contributed by atoms with Crippen LogP contribution in [0.2, 0.25) is 0 Å². The van der Waals surface area contributed by atoms with E-state index in [4.69, 9.17) is 5.11 Å². The Morgan fingerprint density at radius 2 is 1.94 bits per heavy atom. The molecule has 0 aliphatic carbocycles. The van der Waals surface area contributed by atoms with E-state index in [0.29, 0.717) is 6.07 Å². The second-order valence-corrected chi connectivity index (χ2v) is 3.58. The summed E-state index contributed by atoms with van der Waals surface area (Å²) in [5, 5.41) is 27.2. The van der Waals surface area contributed by atoms with Gasteiger partial charge in [0.25, 0.3) is 0 Å². The van der Waals surface area contributed by atoms with Crippen LogP contribution in [0.3, 0.4) is 0 Å². The van der Waals surface area contributed by atoms with Crippen molar-refractivity contribution in [3.05, 3.63) is 29.6 Å². The van der Waals surface area contributed by atoms with Crippen molar-refractivity contribution in [2.24, 2.45) is 0 Å². The molecule has 0 bridgehead atoms. The Balaban J connectivity index is 2.82. The number of nitrogens with zero attached hydrogens (tertiary/aromatic N) is 1. The largest absolute Gasteiger partial charge is 0.481 e. The molecule has 0 saturated heterocycles. The van der Waals surface area contributed by atoms with Crippen LogP contribution in [0.4, 0.5) is 13.2 Å². The highest BCUT2D eigenvalue weighted by atomic mass is 19.4. The summed E-state index contributed by atoms with van der Waals surface area (Å²) in [5.41, 5.74) is -1.22. The Labute approximate surface area is 99.5 Å². The van der Waals surface area contributed by atoms with Crippen LogP contribution < -0.4 is 0 Å². The number of aliphatic hydroxyl groups excluding tert-OH is 2. The van der Waals surface area contributed by atoms with E-state index >= 15 is 0 Å². The van der Waals surface area contributed by atoms with Gasteiger partial charge in [0.05, 0.1) is 12.5 Å². The van der Waals surface area contributed by atoms with Gasteiger partial charge in [0.2, 0.25) is 0 Å². The normalized spacial score (nSPS) is 15.2. The lowest BCUT2D eigenvalue weighted by molar-refractivity contribution is -0.141. The van der Waals surface area contributed by atoms with Crippen LogP contribution in [-0.4, -0.2) is 32.4 Å². The van der Waals surface area contributed by atoms with Crippen LogP contribution in [0, 0.1) is 0 Å². The van der Waals surface area contributed by atoms with Crippen molar-refractivity contribution >= 4 is 5.97 Å². The first-order chi connectivity index (χ1) is 8.21. The van der Waals surface area contributed by atoms with Crippen molar-refractivity contribution in [1.82, 2.24) is 4.98 Å². The maximum absolute atomic E-state index is 12.2. The fourth-order valence-electron chi connectivity index (χ4n) is 1.26. The Kier molecular flexibility index (Phi) is 4.25. The highest BCUT2D eigenvalue weighted by molar-refractivity contribution is 5.67. The lowest BCUT2D eigenvalue weighted by Crippen LogP contribution is -2.22. The molecule has 1 heterocycles. The van der Waals surface area contributed by atoms with Gasteiger partial charge >= 0.3 is 12.1 Å². The number of hydrogen-bond donors (Lipinski definition) is 3. The number of hydrogen-bond acceptors (Lipinski definition) is 4. The first kappa shape index (κ1) is 14.4. The smallest absolute Gasteiger partial charge is 0.433 e. The Morgan fingerprint density at radius 1 is 1.33 bits per heavy atom. The van der Waals surface area contributed by atoms with Crippen LogP contribution in [-0.2, 0) is 11.0 Å². The van der Waals surface area contributed by atoms with Crippen molar-refractivity contribution in [1.29, 1.82) is 0 Å². The van der Waals surface area contributed by atoms with Gasteiger partial charge in [0.1, 0.15) is 11.8 Å². The molecule has 1 rings (SSSR count). The molecule has 0 aliphatic rings. The number of halogens is 3. The zero-order chi connectivity index (χ0) is 13.9. The summed E-state index contributed by atoms with van der Waals surface area (Å²) >= 11 is 0. The number of alkyl halides is 3. The molecular weight excluding hydrogens is 255 g/mol. The second kappa shape index (κ2) is 5.32. The third-order valence-electron chi connectivity index (χ3n) is 2.17. The maximum Gasteiger partial charge on any atom is 0.433 e. The van der Waals surface area contributed by atoms with Crippen LogP contribution in [0.25, 0.3) is 0 Å². The standard InChI is InChI=1S/C10H10F3NO4/c11-10(12,13)7-2-1-5(4-14-7)9(18)6(15)3-8(16)17/h1-2,4,6,9,15,18H,3H2,(H,16,17). The molecule has 0 saturated carbocycles. The van der Waals surface area contributed by atoms with E-state index in [1.807, 2.05) is 0 Å². The van der Waals surface area contributed by atoms with Gasteiger partial charge in [0.15, 0.2) is 0 Å². The van der Waals surface area contributed by atoms with E-state index in [2.05, 4.69) is 4.98 Å². The Bertz CT molecular complexity index is 418. The first-order valence-corrected chi connectivity index (χ1v) is 4.83. The summed E-state index contributed by atoms with van der Waals surface area (Å²) < 4.78 is 36.6. The fraction of sp³-hybridized carbons (Fsp3) is 0.400. The lowest BCUT2D eigenvalue weighted by Gasteiger charge is -2.16. The van der Waals surface area contributed by atoms with Gasteiger partial charge in [-0.1, -0.05) is 6.07 Å². The predicted molar refractivity (Wildman–Crippen MR) is 52.5 cm³/mol. The summed E-state index contributed by atoms with van der Waals surface area (Å²) in [4.78, 5) is 13.4. The van der Waals surface area contributed by atoms with Crippen molar-refractivity contribution < 1.29 is 33.3 Å². The molecule has 8 heteroatoms. The zero-order valence-electron chi connectivity index (χ0n) is 8.92. The summed E-state index contributed by atoms with van der Waals surface area (Å²) in [5.74, 6) is -1.33. The van der Waals surface area contributed by atoms with Gasteiger partial charge in [-0.3, -0.25) is 9.78 Å². The molecule has 5 nitrogen and oxygen atoms in total. The Morgan fingerprint density at radius 3 is 2.33 bits per heavy atom. The summed E-state index contributed by atoms with van der Waals surface area (Å²) in [6.07, 6.45) is -7.78. The van der Waals surface area contributed by atoms with E-state index in [9.17, 15) is 28.2 Å². The van der Waals surface area contributed by atoms with E-state index in [0.717, 1.165) is 12.3 Å². The molecule has 0 radical (unpaired) electrons. The van der Waals surface area contributed by atoms with Gasteiger partial charge < -0.3 is 15.3 Å². The number of pyridine rings is 1. The van der Waals surface area contributed by atoms with Gasteiger partial charge in [-0.05, 0) is 6.07 Å². The minimum Gasteiger partial charge on any atom is -0.481 e. The number of aliphatic hydroxyl groups is 2. The van der Waals surface area contributed by atoms with Crippen LogP contribution in [0.15, 0.2) is 18.3 Å². The quantitative estimate of drug-likeness (QED) is 0.754. The lowest BCUT2D eigenvalue weighted by atomic mass is 10.0. The average molecular weight is 265 g/mol. The molecule has 2 unspecified atom stereocenters. The fourth-order valence-corrected chi connectivity index (χ4v) is 1.26. The van der Waals surface area contributed by atoms with Crippen molar-refractivity contribution in [3.8, 4) is 0 Å². The first-order valence-electron chi connectivity index (χ1n) is 4.83. The van der Waals surface area contributed by atoms with Crippen LogP contribution >= 0.6 is 0 Å². The molecule has 0 amide bonds. The van der Waals surface area contributed by atoms with E-state index < -0.39 is 36.5 Å². The van der Waals surface area contributed by atoms with Gasteiger partial charge in [-0.25, -0.2) is 0 Å². The molecule has 0 aliphatic heterocycles. The summed E-state index contributed by atoms with van der Waals surface area (Å²) in [6, 6.07) is 1.58. The number of carboxylic acids is 1. The third-order valence-corrected chi connectivity index (χ3v) is 2.17. The highest BCUT2D eigenvalue weighted by Gasteiger charge is 2.32. The molecule has 0 spiro atoms. The summed E-state index contributed by atoms with van der Waals surface area (Å²) in [7, 11) is 0. The second-order valence-electron chi connectivity index (χ2n) is 3.58. The van der Waals surface area contributed by atoms with Crippen molar-refractivity contribution in [2.45, 2.75) is 24.8 Å². The topological polar surface area (TPSA) is 90.7 Å². The molecule has 100 valence electrons. The van der Waals surface area contributed by atoms with Crippen LogP contribution in [0.5, 0.6) is 0 Å². The van der Waals surface area contributed by atoms with Crippen LogP contribution in [0.1, 0.15) is 23.8 Å². The van der Waals surface area contributed by atoms with E-state index in [1.54, 1.807) is 0 Å². The maximum atomic E-state index is 12.2. The van der Waals surface area contributed by atoms with E-state index in [-0.39, 0.29) is 5.56 Å². The molecular formula is C10H10F3NO4. The molecule has 1 aromatic rings. The molecule has 1 aromatic heterocycles. The molecule has 2 atom stereocenters. The minimum absolute atomic E-state index is 0.0863. The number of carboxylic acid groups (broad SMARTS) is 1. The predicted octanol–water partition coefficient (Wildman–Crippen LogP) is 0.969. The van der Waals surface area contributed by atoms with Crippen molar-refractivity contribution in [2.75, 3.05) is 0 Å². The van der Waals surface area contributed by atoms with Gasteiger partial charge in [-0.2, -0.15) is 13.2 Å². The van der Waals surface area contributed by atoms with Gasteiger partial charge in [-0.15, -0.1) is 0 Å². The zero-order valence-corrected chi connectivity index (χ0v) is 8.92. The average Bonchev–Trinajstić information content (AvgIpc) is 2.26. The SMILES string of the molecule is O=C(O)CC(O)C(O)c1ccc(C(F)(F)F)nc1. The molecule has 0 aromatic carbocycles. The summed E-state index contributed by atoms with van der Waals surface area (Å²) in [6.45, 7) is 0. The van der Waals surface area contributed by atoms with Crippen molar-refractivity contribution in [3.63, 3.8) is 0 Å². The number of aromatic nitrogens is 1. The van der Waals surface area contributed by atoms with E-state index in [1.165, 1.54) is 0 Å². The Hall–Kier alpha value is -1.67. The molecule has 18 heavy (non-hydrogen) atoms.